The molecule has 1 atom stereocenters. The molecule has 1 fully saturated rings. The number of carbonyl (C=O) groups excluding carboxylic acids is 1. The van der Waals surface area contributed by atoms with E-state index in [2.05, 4.69) is 20.5 Å². The lowest BCUT2D eigenvalue weighted by molar-refractivity contribution is 0.0950. The van der Waals surface area contributed by atoms with Crippen LogP contribution in [-0.2, 0) is 21.1 Å². The van der Waals surface area contributed by atoms with Crippen molar-refractivity contribution < 1.29 is 17.9 Å². The number of benzene rings is 1. The third kappa shape index (κ3) is 3.76. The second-order valence-electron chi connectivity index (χ2n) is 6.74. The van der Waals surface area contributed by atoms with Gasteiger partial charge in [-0.15, -0.1) is 0 Å². The summed E-state index contributed by atoms with van der Waals surface area (Å²) in [7, 11) is -3.40. The number of amides is 1. The highest BCUT2D eigenvalue weighted by molar-refractivity contribution is 7.92. The summed E-state index contributed by atoms with van der Waals surface area (Å²) in [6, 6.07) is 8.32. The van der Waals surface area contributed by atoms with Gasteiger partial charge in [-0.25, -0.2) is 13.4 Å². The van der Waals surface area contributed by atoms with E-state index >= 15 is 0 Å². The Kier molecular flexibility index (Phi) is 5.10. The zero-order valence-electron chi connectivity index (χ0n) is 15.1. The normalized spacial score (nSPS) is 17.5. The molecule has 0 saturated carbocycles. The number of fused-ring (bicyclic) bond motifs is 1. The van der Waals surface area contributed by atoms with Crippen LogP contribution in [0.25, 0.3) is 11.0 Å². The maximum Gasteiger partial charge on any atom is 0.253 e. The predicted octanol–water partition coefficient (Wildman–Crippen LogP) is 1.84. The molecule has 3 aromatic rings. The molecule has 1 aliphatic heterocycles. The molecule has 0 radical (unpaired) electrons. The predicted molar refractivity (Wildman–Crippen MR) is 103 cm³/mol. The summed E-state index contributed by atoms with van der Waals surface area (Å²) in [5.41, 5.74) is 1.87. The van der Waals surface area contributed by atoms with Gasteiger partial charge in [-0.3, -0.25) is 9.89 Å². The van der Waals surface area contributed by atoms with Crippen LogP contribution in [0.1, 0.15) is 28.8 Å². The van der Waals surface area contributed by atoms with Gasteiger partial charge in [0, 0.05) is 24.7 Å². The lowest BCUT2D eigenvalue weighted by Crippen LogP contribution is -2.31. The molecule has 1 saturated heterocycles. The van der Waals surface area contributed by atoms with Crippen molar-refractivity contribution in [2.24, 2.45) is 0 Å². The molecule has 8 nitrogen and oxygen atoms in total. The molecular formula is C19H20N4O4S. The minimum atomic E-state index is -3.40. The van der Waals surface area contributed by atoms with Gasteiger partial charge >= 0.3 is 0 Å². The van der Waals surface area contributed by atoms with Crippen molar-refractivity contribution >= 4 is 26.8 Å². The standard InChI is InChI=1S/C19H20N4O4S/c24-19(15-8-14-11-22-23-18(14)20-10-15)21-9-13-3-5-16(6-4-13)28(25,26)17-2-1-7-27-12-17/h3-6,8,10-11,17H,1-2,7,9,12H2,(H,21,24)(H,20,22,23). The van der Waals surface area contributed by atoms with Crippen LogP contribution < -0.4 is 5.32 Å². The lowest BCUT2D eigenvalue weighted by atomic mass is 10.2. The van der Waals surface area contributed by atoms with Crippen LogP contribution in [0, 0.1) is 0 Å². The number of nitrogens with one attached hydrogen (secondary N) is 2. The second kappa shape index (κ2) is 7.69. The zero-order valence-corrected chi connectivity index (χ0v) is 15.9. The van der Waals surface area contributed by atoms with Gasteiger partial charge in [0.1, 0.15) is 0 Å². The van der Waals surface area contributed by atoms with Crippen molar-refractivity contribution in [1.29, 1.82) is 0 Å². The minimum absolute atomic E-state index is 0.245. The fourth-order valence-electron chi connectivity index (χ4n) is 3.19. The van der Waals surface area contributed by atoms with E-state index in [4.69, 9.17) is 4.74 Å². The third-order valence-electron chi connectivity index (χ3n) is 4.82. The molecule has 3 heterocycles. The molecule has 146 valence electrons. The van der Waals surface area contributed by atoms with E-state index in [1.165, 1.54) is 6.20 Å². The molecule has 0 bridgehead atoms. The maximum absolute atomic E-state index is 12.7. The molecule has 0 aliphatic carbocycles. The average molecular weight is 400 g/mol. The van der Waals surface area contributed by atoms with Gasteiger partial charge in [0.05, 0.1) is 28.5 Å². The summed E-state index contributed by atoms with van der Waals surface area (Å²) in [6.45, 7) is 1.15. The highest BCUT2D eigenvalue weighted by atomic mass is 32.2. The number of sulfone groups is 1. The first-order valence-corrected chi connectivity index (χ1v) is 10.6. The van der Waals surface area contributed by atoms with Gasteiger partial charge in [0.2, 0.25) is 0 Å². The average Bonchev–Trinajstić information content (AvgIpc) is 3.21. The number of carbonyl (C=O) groups is 1. The fraction of sp³-hybridized carbons (Fsp3) is 0.316. The van der Waals surface area contributed by atoms with Gasteiger partial charge < -0.3 is 10.1 Å². The van der Waals surface area contributed by atoms with Crippen molar-refractivity contribution in [3.63, 3.8) is 0 Å². The van der Waals surface area contributed by atoms with Crippen molar-refractivity contribution in [1.82, 2.24) is 20.5 Å². The van der Waals surface area contributed by atoms with E-state index < -0.39 is 15.1 Å². The highest BCUT2D eigenvalue weighted by Crippen LogP contribution is 2.23. The molecule has 4 rings (SSSR count). The van der Waals surface area contributed by atoms with Crippen molar-refractivity contribution in [3.8, 4) is 0 Å². The molecule has 2 aromatic heterocycles. The maximum atomic E-state index is 12.7. The third-order valence-corrected chi connectivity index (χ3v) is 6.99. The monoisotopic (exact) mass is 400 g/mol. The van der Waals surface area contributed by atoms with Gasteiger partial charge in [-0.2, -0.15) is 5.10 Å². The SMILES string of the molecule is O=C(NCc1ccc(S(=O)(=O)C2CCCOC2)cc1)c1cnc2[nH]ncc2c1. The Bertz CT molecular complexity index is 1090. The number of pyridine rings is 1. The Morgan fingerprint density at radius 3 is 2.82 bits per heavy atom. The first kappa shape index (κ1) is 18.6. The summed E-state index contributed by atoms with van der Waals surface area (Å²) < 4.78 is 30.6. The van der Waals surface area contributed by atoms with Crippen LogP contribution in [0.15, 0.2) is 47.6 Å². The summed E-state index contributed by atoms with van der Waals surface area (Å²) in [4.78, 5) is 16.8. The number of H-pyrrole nitrogens is 1. The van der Waals surface area contributed by atoms with Crippen LogP contribution in [0.5, 0.6) is 0 Å². The first-order chi connectivity index (χ1) is 13.5. The Morgan fingerprint density at radius 1 is 1.25 bits per heavy atom. The van der Waals surface area contributed by atoms with E-state index in [9.17, 15) is 13.2 Å². The van der Waals surface area contributed by atoms with E-state index in [1.807, 2.05) is 0 Å². The number of aromatic amines is 1. The number of aromatic nitrogens is 3. The van der Waals surface area contributed by atoms with Gasteiger partial charge in [-0.1, -0.05) is 12.1 Å². The Balaban J connectivity index is 1.40. The van der Waals surface area contributed by atoms with Crippen LogP contribution in [0.4, 0.5) is 0 Å². The molecule has 28 heavy (non-hydrogen) atoms. The molecule has 0 spiro atoms. The smallest absolute Gasteiger partial charge is 0.253 e. The van der Waals surface area contributed by atoms with Crippen LogP contribution in [-0.4, -0.2) is 48.0 Å². The van der Waals surface area contributed by atoms with Crippen LogP contribution in [0.2, 0.25) is 0 Å². The summed E-state index contributed by atoms with van der Waals surface area (Å²) >= 11 is 0. The van der Waals surface area contributed by atoms with E-state index in [0.717, 1.165) is 17.4 Å². The van der Waals surface area contributed by atoms with Gasteiger partial charge in [0.15, 0.2) is 15.5 Å². The number of nitrogens with zero attached hydrogens (tertiary/aromatic N) is 2. The summed E-state index contributed by atoms with van der Waals surface area (Å²) in [6.07, 6.45) is 4.47. The molecule has 1 amide bonds. The number of hydrogen-bond acceptors (Lipinski definition) is 6. The second-order valence-corrected chi connectivity index (χ2v) is 8.97. The topological polar surface area (TPSA) is 114 Å². The van der Waals surface area contributed by atoms with E-state index in [-0.39, 0.29) is 24.0 Å². The first-order valence-electron chi connectivity index (χ1n) is 9.02. The number of ether oxygens (including phenoxy) is 1. The molecule has 1 aliphatic rings. The molecule has 1 unspecified atom stereocenters. The number of rotatable bonds is 5. The van der Waals surface area contributed by atoms with Gasteiger partial charge in [0.25, 0.3) is 5.91 Å². The van der Waals surface area contributed by atoms with Crippen molar-refractivity contribution in [2.45, 2.75) is 29.5 Å². The highest BCUT2D eigenvalue weighted by Gasteiger charge is 2.29. The zero-order chi connectivity index (χ0) is 19.6. The van der Waals surface area contributed by atoms with E-state index in [0.29, 0.717) is 24.2 Å². The van der Waals surface area contributed by atoms with Crippen LogP contribution >= 0.6 is 0 Å². The number of hydrogen-bond donors (Lipinski definition) is 2. The lowest BCUT2D eigenvalue weighted by Gasteiger charge is -2.22. The van der Waals surface area contributed by atoms with Crippen LogP contribution in [0.3, 0.4) is 0 Å². The molecular weight excluding hydrogens is 380 g/mol. The summed E-state index contributed by atoms with van der Waals surface area (Å²) in [5.74, 6) is -0.258. The Hall–Kier alpha value is -2.78. The minimum Gasteiger partial charge on any atom is -0.380 e. The molecule has 2 N–H and O–H groups in total. The largest absolute Gasteiger partial charge is 0.380 e. The molecule has 1 aromatic carbocycles. The fourth-order valence-corrected chi connectivity index (χ4v) is 4.84. The van der Waals surface area contributed by atoms with Gasteiger partial charge in [-0.05, 0) is 36.6 Å². The van der Waals surface area contributed by atoms with Crippen molar-refractivity contribution in [3.05, 3.63) is 53.9 Å². The quantitative estimate of drug-likeness (QED) is 0.675. The Morgan fingerprint density at radius 2 is 2.07 bits per heavy atom. The van der Waals surface area contributed by atoms with Crippen molar-refractivity contribution in [2.75, 3.05) is 13.2 Å². The summed E-state index contributed by atoms with van der Waals surface area (Å²) in [5, 5.41) is 9.70. The molecule has 9 heteroatoms. The Labute approximate surface area is 162 Å². The van der Waals surface area contributed by atoms with E-state index in [1.54, 1.807) is 36.5 Å².